The highest BCUT2D eigenvalue weighted by molar-refractivity contribution is 5.46. The van der Waals surface area contributed by atoms with E-state index in [0.29, 0.717) is 0 Å². The van der Waals surface area contributed by atoms with Crippen molar-refractivity contribution in [3.05, 3.63) is 52.9 Å². The van der Waals surface area contributed by atoms with Crippen LogP contribution in [0.1, 0.15) is 19.3 Å². The van der Waals surface area contributed by atoms with E-state index in [2.05, 4.69) is 45.4 Å². The molecule has 2 heterocycles. The molecule has 96 valence electrons. The zero-order chi connectivity index (χ0) is 12.6. The Balaban J connectivity index is 0.000000169. The molecule has 4 nitrogen and oxygen atoms in total. The first kappa shape index (κ1) is 12.5. The van der Waals surface area contributed by atoms with Gasteiger partial charge in [-0.25, -0.2) is 0 Å². The van der Waals surface area contributed by atoms with Gasteiger partial charge >= 0.3 is 0 Å². The molecule has 0 atom stereocenters. The van der Waals surface area contributed by atoms with Crippen LogP contribution in [0, 0.1) is 0 Å². The number of nitrogens with one attached hydrogen (secondary N) is 2. The van der Waals surface area contributed by atoms with Crippen molar-refractivity contribution < 1.29 is 0 Å². The molecule has 0 saturated carbocycles. The largest absolute Gasteiger partial charge is 0.372 e. The molecule has 0 aliphatic carbocycles. The van der Waals surface area contributed by atoms with E-state index in [-0.39, 0.29) is 5.56 Å². The lowest BCUT2D eigenvalue weighted by atomic mass is 10.1. The van der Waals surface area contributed by atoms with Crippen LogP contribution in [-0.2, 0) is 0 Å². The van der Waals surface area contributed by atoms with Gasteiger partial charge in [-0.15, -0.1) is 0 Å². The number of aromatic amines is 2. The molecule has 0 unspecified atom stereocenters. The number of hydrogen-bond acceptors (Lipinski definition) is 2. The summed E-state index contributed by atoms with van der Waals surface area (Å²) in [4.78, 5) is 12.5. The van der Waals surface area contributed by atoms with E-state index in [0.717, 1.165) is 0 Å². The van der Waals surface area contributed by atoms with Gasteiger partial charge in [0.25, 0.3) is 5.56 Å². The summed E-state index contributed by atoms with van der Waals surface area (Å²) in [5, 5.41) is 4.81. The van der Waals surface area contributed by atoms with Crippen molar-refractivity contribution in [2.45, 2.75) is 19.3 Å². The van der Waals surface area contributed by atoms with E-state index in [1.807, 2.05) is 0 Å². The van der Waals surface area contributed by atoms with E-state index in [1.165, 1.54) is 44.1 Å². The van der Waals surface area contributed by atoms with Gasteiger partial charge < -0.3 is 10.00 Å². The van der Waals surface area contributed by atoms with Crippen LogP contribution in [0.15, 0.2) is 47.4 Å². The fraction of sp³-hybridized carbons (Fsp3) is 0.357. The Bertz CT molecular complexity index is 466. The zero-order valence-corrected chi connectivity index (χ0v) is 10.4. The second kappa shape index (κ2) is 6.69. The Morgan fingerprint density at radius 2 is 1.67 bits per heavy atom. The molecule has 0 amide bonds. The lowest BCUT2D eigenvalue weighted by molar-refractivity contribution is 0.578. The Morgan fingerprint density at radius 3 is 2.17 bits per heavy atom. The summed E-state index contributed by atoms with van der Waals surface area (Å²) in [7, 11) is 0. The quantitative estimate of drug-likeness (QED) is 0.810. The number of rotatable bonds is 1. The monoisotopic (exact) mass is 245 g/mol. The second-order valence-electron chi connectivity index (χ2n) is 4.35. The molecule has 4 heteroatoms. The van der Waals surface area contributed by atoms with Crippen LogP contribution in [0.5, 0.6) is 0 Å². The fourth-order valence-electron chi connectivity index (χ4n) is 2.06. The molecule has 2 N–H and O–H groups in total. The van der Waals surface area contributed by atoms with Gasteiger partial charge in [0.2, 0.25) is 0 Å². The number of nitrogens with zero attached hydrogens (tertiary/aromatic N) is 1. The van der Waals surface area contributed by atoms with Gasteiger partial charge in [0.05, 0.1) is 0 Å². The third kappa shape index (κ3) is 3.80. The minimum absolute atomic E-state index is 0.0880. The third-order valence-electron chi connectivity index (χ3n) is 2.99. The number of piperidine rings is 1. The molecule has 1 aliphatic rings. The normalized spacial score (nSPS) is 14.8. The second-order valence-corrected chi connectivity index (χ2v) is 4.35. The average Bonchev–Trinajstić information content (AvgIpc) is 2.93. The first-order valence-electron chi connectivity index (χ1n) is 6.38. The van der Waals surface area contributed by atoms with Gasteiger partial charge in [0.1, 0.15) is 0 Å². The van der Waals surface area contributed by atoms with Crippen molar-refractivity contribution in [3.8, 4) is 0 Å². The molecule has 0 spiro atoms. The molecule has 2 aromatic rings. The number of hydrogen-bond donors (Lipinski definition) is 2. The van der Waals surface area contributed by atoms with Gasteiger partial charge in [0.15, 0.2) is 0 Å². The first-order valence-corrected chi connectivity index (χ1v) is 6.38. The summed E-state index contributed by atoms with van der Waals surface area (Å²) in [6.45, 7) is 2.48. The topological polar surface area (TPSA) is 51.9 Å². The fourth-order valence-corrected chi connectivity index (χ4v) is 2.06. The average molecular weight is 245 g/mol. The summed E-state index contributed by atoms with van der Waals surface area (Å²) in [5.41, 5.74) is 1.30. The Kier molecular flexibility index (Phi) is 4.64. The molecule has 1 aromatic heterocycles. The summed E-state index contributed by atoms with van der Waals surface area (Å²) in [6.07, 6.45) is 5.66. The van der Waals surface area contributed by atoms with Gasteiger partial charge in [0, 0.05) is 31.0 Å². The molecule has 1 fully saturated rings. The van der Waals surface area contributed by atoms with Crippen LogP contribution in [-0.4, -0.2) is 23.3 Å². The minimum atomic E-state index is -0.0880. The van der Waals surface area contributed by atoms with Gasteiger partial charge in [-0.05, 0) is 31.4 Å². The van der Waals surface area contributed by atoms with Crippen LogP contribution in [0.3, 0.4) is 0 Å². The highest BCUT2D eigenvalue weighted by Gasteiger charge is 2.09. The van der Waals surface area contributed by atoms with Gasteiger partial charge in [-0.2, -0.15) is 0 Å². The van der Waals surface area contributed by atoms with Crippen LogP contribution in [0.25, 0.3) is 0 Å². The molecule has 1 aromatic carbocycles. The molecule has 0 bridgehead atoms. The number of benzene rings is 1. The molecule has 3 rings (SSSR count). The van der Waals surface area contributed by atoms with E-state index in [4.69, 9.17) is 0 Å². The summed E-state index contributed by atoms with van der Waals surface area (Å²) >= 11 is 0. The van der Waals surface area contributed by atoms with Crippen LogP contribution in [0.4, 0.5) is 5.69 Å². The van der Waals surface area contributed by atoms with E-state index in [1.54, 1.807) is 6.20 Å². The smallest absolute Gasteiger partial charge is 0.263 e. The maximum atomic E-state index is 9.98. The van der Waals surface area contributed by atoms with E-state index in [9.17, 15) is 4.79 Å². The van der Waals surface area contributed by atoms with Crippen molar-refractivity contribution in [2.75, 3.05) is 18.0 Å². The van der Waals surface area contributed by atoms with Crippen LogP contribution >= 0.6 is 0 Å². The summed E-state index contributed by atoms with van der Waals surface area (Å²) < 4.78 is 0. The van der Waals surface area contributed by atoms with Crippen molar-refractivity contribution >= 4 is 5.69 Å². The maximum Gasteiger partial charge on any atom is 0.263 e. The summed E-state index contributed by atoms with van der Waals surface area (Å²) in [5.74, 6) is 0. The van der Waals surface area contributed by atoms with Crippen molar-refractivity contribution in [1.82, 2.24) is 10.2 Å². The minimum Gasteiger partial charge on any atom is -0.372 e. The van der Waals surface area contributed by atoms with Gasteiger partial charge in [-0.1, -0.05) is 18.2 Å². The Labute approximate surface area is 107 Å². The Hall–Kier alpha value is -1.97. The standard InChI is InChI=1S/C11H15N.C3H4N2O/c1-3-7-11(8-4-1)12-9-5-2-6-10-12;6-3-1-2-4-5-3/h1,3-4,7-8H,2,5-6,9-10H2;1-2H,(H2,4,5,6). The molecule has 1 aliphatic heterocycles. The zero-order valence-electron chi connectivity index (χ0n) is 10.4. The Morgan fingerprint density at radius 1 is 0.944 bits per heavy atom. The number of H-pyrrole nitrogens is 2. The molecular formula is C14H19N3O. The predicted octanol–water partition coefficient (Wildman–Crippen LogP) is 2.38. The molecule has 18 heavy (non-hydrogen) atoms. The van der Waals surface area contributed by atoms with Crippen LogP contribution < -0.4 is 10.5 Å². The summed E-state index contributed by atoms with van der Waals surface area (Å²) in [6, 6.07) is 12.1. The number of aromatic nitrogens is 2. The predicted molar refractivity (Wildman–Crippen MR) is 73.9 cm³/mol. The van der Waals surface area contributed by atoms with E-state index >= 15 is 0 Å². The number of anilines is 1. The lowest BCUT2D eigenvalue weighted by Crippen LogP contribution is -2.29. The number of para-hydroxylation sites is 1. The lowest BCUT2D eigenvalue weighted by Gasteiger charge is -2.28. The van der Waals surface area contributed by atoms with Crippen LogP contribution in [0.2, 0.25) is 0 Å². The highest BCUT2D eigenvalue weighted by Crippen LogP contribution is 2.18. The highest BCUT2D eigenvalue weighted by atomic mass is 16.1. The SMILES string of the molecule is O=c1cc[nH][nH]1.c1ccc(N2CCCCC2)cc1. The maximum absolute atomic E-state index is 9.98. The molecular weight excluding hydrogens is 226 g/mol. The molecule has 1 saturated heterocycles. The van der Waals surface area contributed by atoms with Crippen molar-refractivity contribution in [1.29, 1.82) is 0 Å². The van der Waals surface area contributed by atoms with Crippen molar-refractivity contribution in [3.63, 3.8) is 0 Å². The third-order valence-corrected chi connectivity index (χ3v) is 2.99. The first-order chi connectivity index (χ1) is 8.86. The van der Waals surface area contributed by atoms with E-state index < -0.39 is 0 Å². The molecule has 0 radical (unpaired) electrons. The van der Waals surface area contributed by atoms with Gasteiger partial charge in [-0.3, -0.25) is 9.89 Å². The van der Waals surface area contributed by atoms with Crippen molar-refractivity contribution in [2.24, 2.45) is 0 Å².